The van der Waals surface area contributed by atoms with E-state index in [-0.39, 0.29) is 16.9 Å². The van der Waals surface area contributed by atoms with Gasteiger partial charge in [-0.05, 0) is 48.9 Å². The van der Waals surface area contributed by atoms with Crippen LogP contribution in [0.1, 0.15) is 23.7 Å². The number of carbonyl (C=O) groups is 1. The fourth-order valence-corrected chi connectivity index (χ4v) is 10.8. The highest BCUT2D eigenvalue weighted by Gasteiger charge is 2.67. The van der Waals surface area contributed by atoms with Crippen LogP contribution in [0.2, 0.25) is 25.2 Å². The van der Waals surface area contributed by atoms with Gasteiger partial charge in [-0.2, -0.15) is 0 Å². The molecule has 0 aliphatic heterocycles. The molecular weight excluding hydrogens is 496 g/mol. The Hall–Kier alpha value is -3.25. The van der Waals surface area contributed by atoms with Gasteiger partial charge in [-0.1, -0.05) is 37.3 Å². The number of aryl methyl sites for hydroxylation is 1. The molecule has 0 bridgehead atoms. The fraction of sp³-hybridized carbons (Fsp3) is 0.417. The van der Waals surface area contributed by atoms with Crippen molar-refractivity contribution in [2.24, 2.45) is 11.8 Å². The molecule has 1 amide bonds. The van der Waals surface area contributed by atoms with E-state index in [0.29, 0.717) is 40.6 Å². The van der Waals surface area contributed by atoms with Crippen LogP contribution in [0.4, 0.5) is 4.79 Å². The molecule has 0 saturated heterocycles. The summed E-state index contributed by atoms with van der Waals surface area (Å²) in [5.41, 5.74) is 2.92. The number of carboxylic acid groups (broad SMARTS) is 1. The van der Waals surface area contributed by atoms with Gasteiger partial charge in [0.1, 0.15) is 5.82 Å². The van der Waals surface area contributed by atoms with E-state index in [1.807, 2.05) is 11.3 Å². The summed E-state index contributed by atoms with van der Waals surface area (Å²) in [6.07, 6.45) is 2.71. The topological polar surface area (TPSA) is 131 Å². The fourth-order valence-electron chi connectivity index (χ4n) is 6.44. The van der Waals surface area contributed by atoms with Crippen LogP contribution in [0.15, 0.2) is 47.6 Å². The zero-order chi connectivity index (χ0) is 25.6. The number of nitrogens with one attached hydrogen (secondary N) is 1. The first-order valence-electron chi connectivity index (χ1n) is 12.0. The molecule has 188 valence electrons. The van der Waals surface area contributed by atoms with Gasteiger partial charge in [0.05, 0.1) is 16.6 Å². The Bertz CT molecular complexity index is 1620. The maximum absolute atomic E-state index is 13.4. The minimum Gasteiger partial charge on any atom is -0.465 e. The molecular formula is C24H28N6O4SSi. The number of rotatable bonds is 5. The summed E-state index contributed by atoms with van der Waals surface area (Å²) in [5, 5.41) is 21.0. The van der Waals surface area contributed by atoms with Gasteiger partial charge in [0.2, 0.25) is 0 Å². The van der Waals surface area contributed by atoms with Crippen LogP contribution >= 0.6 is 0 Å². The third-order valence-corrected chi connectivity index (χ3v) is 12.3. The van der Waals surface area contributed by atoms with Crippen molar-refractivity contribution >= 4 is 41.0 Å². The Morgan fingerprint density at radius 2 is 1.83 bits per heavy atom. The van der Waals surface area contributed by atoms with Crippen LogP contribution in [-0.4, -0.2) is 57.3 Å². The molecule has 2 aliphatic carbocycles. The Morgan fingerprint density at radius 3 is 2.50 bits per heavy atom. The lowest BCUT2D eigenvalue weighted by atomic mass is 10.0. The van der Waals surface area contributed by atoms with Crippen molar-refractivity contribution in [2.45, 2.75) is 55.4 Å². The summed E-state index contributed by atoms with van der Waals surface area (Å²) in [7, 11) is -5.38. The summed E-state index contributed by atoms with van der Waals surface area (Å²) < 4.78 is 29.9. The second-order valence-electron chi connectivity index (χ2n) is 11.1. The quantitative estimate of drug-likeness (QED) is 0.381. The second-order valence-corrected chi connectivity index (χ2v) is 18.3. The average Bonchev–Trinajstić information content (AvgIpc) is 3.06. The Balaban J connectivity index is 1.46. The van der Waals surface area contributed by atoms with Crippen LogP contribution < -0.4 is 5.32 Å². The molecule has 0 radical (unpaired) electrons. The van der Waals surface area contributed by atoms with Crippen LogP contribution in [0, 0.1) is 18.8 Å². The summed E-state index contributed by atoms with van der Waals surface area (Å²) in [6.45, 7) is 8.88. The summed E-state index contributed by atoms with van der Waals surface area (Å²) in [6, 6.07) is 8.34. The van der Waals surface area contributed by atoms with Crippen molar-refractivity contribution in [2.75, 3.05) is 0 Å². The highest BCUT2D eigenvalue weighted by Crippen LogP contribution is 2.70. The third-order valence-electron chi connectivity index (χ3n) is 7.85. The van der Waals surface area contributed by atoms with E-state index in [1.54, 1.807) is 36.5 Å². The minimum absolute atomic E-state index is 0.0289. The zero-order valence-electron chi connectivity index (χ0n) is 20.5. The Labute approximate surface area is 209 Å². The van der Waals surface area contributed by atoms with Crippen molar-refractivity contribution in [3.63, 3.8) is 0 Å². The lowest BCUT2D eigenvalue weighted by molar-refractivity contribution is 0.188. The molecule has 2 fully saturated rings. The van der Waals surface area contributed by atoms with Gasteiger partial charge in [-0.3, -0.25) is 4.40 Å². The molecule has 36 heavy (non-hydrogen) atoms. The highest BCUT2D eigenvalue weighted by atomic mass is 32.2. The van der Waals surface area contributed by atoms with Gasteiger partial charge in [0, 0.05) is 26.2 Å². The number of hydrogen-bond acceptors (Lipinski definition) is 6. The van der Waals surface area contributed by atoms with Crippen LogP contribution in [0.25, 0.3) is 16.8 Å². The molecule has 0 spiro atoms. The molecule has 6 rings (SSSR count). The van der Waals surface area contributed by atoms with E-state index in [0.717, 1.165) is 11.4 Å². The summed E-state index contributed by atoms with van der Waals surface area (Å²) in [4.78, 5) is 16.1. The maximum atomic E-state index is 13.4. The second kappa shape index (κ2) is 7.62. The van der Waals surface area contributed by atoms with Crippen molar-refractivity contribution in [1.82, 2.24) is 28.9 Å². The van der Waals surface area contributed by atoms with Crippen LogP contribution in [0.3, 0.4) is 0 Å². The van der Waals surface area contributed by atoms with Crippen molar-refractivity contribution in [1.29, 1.82) is 0 Å². The van der Waals surface area contributed by atoms with Gasteiger partial charge in [0.25, 0.3) is 10.0 Å². The van der Waals surface area contributed by atoms with Crippen LogP contribution in [0.5, 0.6) is 0 Å². The smallest absolute Gasteiger partial charge is 0.404 e. The van der Waals surface area contributed by atoms with Gasteiger partial charge < -0.3 is 10.4 Å². The number of hydrogen-bond donors (Lipinski definition) is 2. The van der Waals surface area contributed by atoms with Crippen LogP contribution in [-0.2, 0) is 10.0 Å². The zero-order valence-corrected chi connectivity index (χ0v) is 22.3. The molecule has 3 aromatic heterocycles. The molecule has 4 aromatic rings. The number of nitrogens with zero attached hydrogens (tertiary/aromatic N) is 5. The molecule has 12 heteroatoms. The number of benzene rings is 1. The number of aromatic nitrogens is 5. The first-order valence-corrected chi connectivity index (χ1v) is 17.0. The van der Waals surface area contributed by atoms with Gasteiger partial charge in [-0.15, -0.1) is 10.2 Å². The molecule has 5 atom stereocenters. The summed E-state index contributed by atoms with van der Waals surface area (Å²) in [5.74, 6) is 1.41. The molecule has 1 aromatic carbocycles. The number of fused-ring (bicyclic) bond motifs is 4. The standard InChI is InChI=1S/C24H28N6O4SSi/c1-13-5-7-14(8-6-13)35(33,34)29-10-9-17-23(29)25-12-18-27-28-22(30(17)18)15-11-16(26-24(31)32)20-19(15)21(20)36(2,3)4/h5-10,12,15-16,19-21,26H,11H2,1-4H3,(H,31,32). The van der Waals surface area contributed by atoms with E-state index < -0.39 is 24.2 Å². The van der Waals surface area contributed by atoms with Crippen molar-refractivity contribution < 1.29 is 18.3 Å². The van der Waals surface area contributed by atoms with Gasteiger partial charge in [0.15, 0.2) is 11.3 Å². The minimum atomic E-state index is -3.85. The van der Waals surface area contributed by atoms with Gasteiger partial charge >= 0.3 is 6.09 Å². The lowest BCUT2D eigenvalue weighted by Crippen LogP contribution is -2.37. The van der Waals surface area contributed by atoms with Crippen molar-refractivity contribution in [3.05, 3.63) is 54.1 Å². The van der Waals surface area contributed by atoms with E-state index >= 15 is 0 Å². The largest absolute Gasteiger partial charge is 0.465 e. The lowest BCUT2D eigenvalue weighted by Gasteiger charge is -2.25. The molecule has 10 nitrogen and oxygen atoms in total. The molecule has 5 unspecified atom stereocenters. The Morgan fingerprint density at radius 1 is 1.11 bits per heavy atom. The normalized spacial score (nSPS) is 25.8. The van der Waals surface area contributed by atoms with E-state index in [9.17, 15) is 18.3 Å². The maximum Gasteiger partial charge on any atom is 0.404 e. The summed E-state index contributed by atoms with van der Waals surface area (Å²) >= 11 is 0. The van der Waals surface area contributed by atoms with E-state index in [1.165, 1.54) is 10.2 Å². The highest BCUT2D eigenvalue weighted by molar-refractivity contribution is 7.90. The first kappa shape index (κ1) is 23.2. The average molecular weight is 525 g/mol. The molecule has 2 saturated carbocycles. The monoisotopic (exact) mass is 524 g/mol. The third kappa shape index (κ3) is 3.38. The molecule has 3 heterocycles. The van der Waals surface area contributed by atoms with E-state index in [2.05, 4.69) is 40.1 Å². The predicted molar refractivity (Wildman–Crippen MR) is 136 cm³/mol. The molecule has 2 N–H and O–H groups in total. The predicted octanol–water partition coefficient (Wildman–Crippen LogP) is 3.70. The Kier molecular flexibility index (Phi) is 4.90. The van der Waals surface area contributed by atoms with Gasteiger partial charge in [-0.25, -0.2) is 22.2 Å². The van der Waals surface area contributed by atoms with E-state index in [4.69, 9.17) is 0 Å². The number of amides is 1. The molecule has 2 aliphatic rings. The van der Waals surface area contributed by atoms with Crippen molar-refractivity contribution in [3.8, 4) is 0 Å². The first-order chi connectivity index (χ1) is 17.0. The SMILES string of the molecule is Cc1ccc(S(=O)(=O)n2ccc3c2ncc2nnc(C4CC(NC(=O)O)C5C4C5[Si](C)(C)C)n23)cc1.